The van der Waals surface area contributed by atoms with E-state index in [1.807, 2.05) is 6.07 Å². The van der Waals surface area contributed by atoms with E-state index in [9.17, 15) is 4.79 Å². The Morgan fingerprint density at radius 1 is 0.421 bits per heavy atom. The SMILES string of the molecule is COCCOCCOCCOCCOCCOCCOCCOCCOCCOCCOCCOCCOCCOCCOCCOCCOC(=O)N1CCN(CCCN2c3ccccc3Sc3ccc(Cl)cc32)CC1. The van der Waals surface area contributed by atoms with Crippen molar-refractivity contribution < 1.29 is 85.3 Å². The first-order valence-electron chi connectivity index (χ1n) is 26.8. The first-order chi connectivity index (χ1) is 37.7. The van der Waals surface area contributed by atoms with Gasteiger partial charge in [0.05, 0.1) is 216 Å². The maximum atomic E-state index is 12.6. The van der Waals surface area contributed by atoms with Gasteiger partial charge in [-0.1, -0.05) is 35.5 Å². The van der Waals surface area contributed by atoms with Crippen LogP contribution in [0.4, 0.5) is 16.2 Å². The summed E-state index contributed by atoms with van der Waals surface area (Å²) in [5.41, 5.74) is 2.38. The number of carbonyl (C=O) groups is 1. The van der Waals surface area contributed by atoms with Crippen LogP contribution >= 0.6 is 23.4 Å². The lowest BCUT2D eigenvalue weighted by atomic mass is 10.2. The maximum Gasteiger partial charge on any atom is 0.409 e. The summed E-state index contributed by atoms with van der Waals surface area (Å²) in [5.74, 6) is 0. The van der Waals surface area contributed by atoms with Crippen molar-refractivity contribution in [2.45, 2.75) is 16.2 Å². The van der Waals surface area contributed by atoms with Crippen molar-refractivity contribution in [1.82, 2.24) is 9.80 Å². The monoisotopic (exact) mass is 1120 g/mol. The molecule has 436 valence electrons. The van der Waals surface area contributed by atoms with Crippen LogP contribution in [0.25, 0.3) is 0 Å². The number of carbonyl (C=O) groups excluding carboxylic acids is 1. The number of halogens is 1. The third kappa shape index (κ3) is 33.2. The number of para-hydroxylation sites is 1. The minimum absolute atomic E-state index is 0.203. The summed E-state index contributed by atoms with van der Waals surface area (Å²) in [7, 11) is 1.64. The van der Waals surface area contributed by atoms with E-state index in [1.54, 1.807) is 23.8 Å². The van der Waals surface area contributed by atoms with Crippen LogP contribution in [-0.2, 0) is 80.5 Å². The van der Waals surface area contributed by atoms with E-state index < -0.39 is 0 Å². The normalized spacial score (nSPS) is 13.7. The van der Waals surface area contributed by atoms with Crippen molar-refractivity contribution >= 4 is 40.8 Å². The van der Waals surface area contributed by atoms with E-state index in [0.29, 0.717) is 218 Å². The minimum atomic E-state index is -0.295. The lowest BCUT2D eigenvalue weighted by Crippen LogP contribution is -2.49. The van der Waals surface area contributed by atoms with Crippen LogP contribution in [0.3, 0.4) is 0 Å². The second-order valence-corrected chi connectivity index (χ2v) is 18.3. The molecule has 76 heavy (non-hydrogen) atoms. The van der Waals surface area contributed by atoms with Gasteiger partial charge in [-0.05, 0) is 43.3 Å². The van der Waals surface area contributed by atoms with E-state index in [1.165, 1.54) is 15.5 Å². The Morgan fingerprint density at radius 3 is 1.14 bits per heavy atom. The molecule has 0 unspecified atom stereocenters. The van der Waals surface area contributed by atoms with Gasteiger partial charge < -0.3 is 90.3 Å². The van der Waals surface area contributed by atoms with E-state index in [2.05, 4.69) is 46.2 Å². The van der Waals surface area contributed by atoms with E-state index in [4.69, 9.17) is 92.1 Å². The number of hydrogen-bond donors (Lipinski definition) is 0. The second kappa shape index (κ2) is 47.3. The van der Waals surface area contributed by atoms with Gasteiger partial charge in [-0.2, -0.15) is 0 Å². The van der Waals surface area contributed by atoms with Gasteiger partial charge in [0.15, 0.2) is 0 Å². The predicted octanol–water partition coefficient (Wildman–Crippen LogP) is 4.98. The number of piperazine rings is 1. The number of anilines is 2. The largest absolute Gasteiger partial charge is 0.447 e. The lowest BCUT2D eigenvalue weighted by molar-refractivity contribution is -0.0304. The zero-order valence-corrected chi connectivity index (χ0v) is 46.7. The highest BCUT2D eigenvalue weighted by molar-refractivity contribution is 7.99. The van der Waals surface area contributed by atoms with Gasteiger partial charge in [0.25, 0.3) is 0 Å². The van der Waals surface area contributed by atoms with Crippen molar-refractivity contribution in [1.29, 1.82) is 0 Å². The molecular weight excluding hydrogens is 1030 g/mol. The molecule has 0 spiro atoms. The van der Waals surface area contributed by atoms with Crippen LogP contribution in [0.2, 0.25) is 5.02 Å². The Labute approximate surface area is 460 Å². The molecule has 0 atom stereocenters. The van der Waals surface area contributed by atoms with Crippen LogP contribution < -0.4 is 4.90 Å². The van der Waals surface area contributed by atoms with Gasteiger partial charge in [-0.3, -0.25) is 4.90 Å². The van der Waals surface area contributed by atoms with Crippen molar-refractivity contribution in [3.05, 3.63) is 47.5 Å². The molecule has 2 aliphatic rings. The van der Waals surface area contributed by atoms with Crippen LogP contribution in [0.1, 0.15) is 6.42 Å². The molecule has 2 aromatic carbocycles. The van der Waals surface area contributed by atoms with Gasteiger partial charge in [0, 0.05) is 54.6 Å². The number of ether oxygens (including phenoxy) is 17. The molecule has 0 aromatic heterocycles. The molecule has 1 fully saturated rings. The Hall–Kier alpha value is -2.53. The summed E-state index contributed by atoms with van der Waals surface area (Å²) in [4.78, 5) is 21.7. The molecule has 1 amide bonds. The fourth-order valence-corrected chi connectivity index (χ4v) is 8.49. The summed E-state index contributed by atoms with van der Waals surface area (Å²) < 4.78 is 92.9. The van der Waals surface area contributed by atoms with Crippen LogP contribution in [0.15, 0.2) is 52.3 Å². The van der Waals surface area contributed by atoms with Crippen LogP contribution in [0, 0.1) is 0 Å². The van der Waals surface area contributed by atoms with Gasteiger partial charge in [-0.15, -0.1) is 0 Å². The third-order valence-electron chi connectivity index (χ3n) is 11.2. The maximum absolute atomic E-state index is 12.6. The zero-order chi connectivity index (χ0) is 53.5. The highest BCUT2D eigenvalue weighted by Gasteiger charge is 2.25. The molecule has 0 N–H and O–H groups in total. The number of methoxy groups -OCH3 is 1. The molecule has 4 rings (SSSR count). The van der Waals surface area contributed by atoms with E-state index in [-0.39, 0.29) is 12.7 Å². The Morgan fingerprint density at radius 2 is 0.763 bits per heavy atom. The number of rotatable bonds is 52. The van der Waals surface area contributed by atoms with Crippen molar-refractivity contribution in [2.75, 3.05) is 263 Å². The molecule has 0 bridgehead atoms. The fraction of sp³-hybridized carbons (Fsp3) is 0.755. The number of fused-ring (bicyclic) bond motifs is 2. The average Bonchev–Trinajstić information content (AvgIpc) is 3.44. The van der Waals surface area contributed by atoms with E-state index >= 15 is 0 Å². The minimum Gasteiger partial charge on any atom is -0.447 e. The second-order valence-electron chi connectivity index (χ2n) is 16.8. The molecule has 0 saturated carbocycles. The van der Waals surface area contributed by atoms with Gasteiger partial charge in [0.1, 0.15) is 6.61 Å². The lowest BCUT2D eigenvalue weighted by Gasteiger charge is -2.36. The van der Waals surface area contributed by atoms with Gasteiger partial charge >= 0.3 is 6.09 Å². The molecule has 0 radical (unpaired) electrons. The first kappa shape index (κ1) is 66.0. The number of hydrogen-bond acceptors (Lipinski definition) is 21. The molecule has 2 aromatic rings. The fourth-order valence-electron chi connectivity index (χ4n) is 7.25. The molecule has 21 nitrogen and oxygen atoms in total. The highest BCUT2D eigenvalue weighted by Crippen LogP contribution is 2.48. The quantitative estimate of drug-likeness (QED) is 0.0808. The predicted molar refractivity (Wildman–Crippen MR) is 287 cm³/mol. The van der Waals surface area contributed by atoms with Crippen LogP contribution in [-0.4, -0.2) is 274 Å². The number of nitrogens with zero attached hydrogens (tertiary/aromatic N) is 3. The molecule has 1 saturated heterocycles. The van der Waals surface area contributed by atoms with Gasteiger partial charge in [-0.25, -0.2) is 4.79 Å². The summed E-state index contributed by atoms with van der Waals surface area (Å²) in [6.45, 7) is 20.1. The topological polar surface area (TPSA) is 184 Å². The zero-order valence-electron chi connectivity index (χ0n) is 45.1. The Bertz CT molecular complexity index is 1680. The number of amides is 1. The highest BCUT2D eigenvalue weighted by atomic mass is 35.5. The number of benzene rings is 2. The molecule has 0 aliphatic carbocycles. The van der Waals surface area contributed by atoms with Gasteiger partial charge in [0.2, 0.25) is 0 Å². The summed E-state index contributed by atoms with van der Waals surface area (Å²) in [5, 5.41) is 0.742. The van der Waals surface area contributed by atoms with Crippen LogP contribution in [0.5, 0.6) is 0 Å². The smallest absolute Gasteiger partial charge is 0.409 e. The van der Waals surface area contributed by atoms with Crippen molar-refractivity contribution in [3.8, 4) is 0 Å². The first-order valence-corrected chi connectivity index (χ1v) is 28.0. The summed E-state index contributed by atoms with van der Waals surface area (Å²) in [6, 6.07) is 14.6. The molecular formula is C53H88ClN3O18S. The molecule has 2 aliphatic heterocycles. The van der Waals surface area contributed by atoms with E-state index in [0.717, 1.165) is 43.3 Å². The van der Waals surface area contributed by atoms with Crippen molar-refractivity contribution in [3.63, 3.8) is 0 Å². The standard InChI is InChI=1S/C53H88ClN3O18S/c1-59-15-16-60-17-18-61-19-20-62-21-22-63-23-24-64-25-26-65-27-28-66-29-30-67-31-32-68-33-34-69-35-36-70-37-38-71-39-40-72-41-42-73-43-44-74-45-46-75-53(58)56-13-11-55(12-14-56)9-4-10-57-49-5-2-3-6-51(49)76-52-8-7-48(54)47-50(52)57/h2-3,5-8,47H,4,9-46H2,1H3. The molecule has 2 heterocycles. The average molecular weight is 1120 g/mol. The Kier molecular flexibility index (Phi) is 41.1. The summed E-state index contributed by atoms with van der Waals surface area (Å²) in [6.07, 6.45) is 0.698. The summed E-state index contributed by atoms with van der Waals surface area (Å²) >= 11 is 8.17. The molecule has 23 heteroatoms. The third-order valence-corrected chi connectivity index (χ3v) is 12.5. The van der Waals surface area contributed by atoms with Crippen molar-refractivity contribution in [2.24, 2.45) is 0 Å². The Balaban J connectivity index is 0.762.